The third-order valence-corrected chi connectivity index (χ3v) is 5.62. The minimum absolute atomic E-state index is 0.0128. The largest absolute Gasteiger partial charge is 0.393 e. The molecule has 0 bridgehead atoms. The van der Waals surface area contributed by atoms with Crippen molar-refractivity contribution in [2.45, 2.75) is 52.7 Å². The minimum Gasteiger partial charge on any atom is -0.393 e. The lowest BCUT2D eigenvalue weighted by molar-refractivity contribution is -0.139. The van der Waals surface area contributed by atoms with Crippen molar-refractivity contribution < 1.29 is 19.5 Å². The van der Waals surface area contributed by atoms with Crippen molar-refractivity contribution in [2.24, 2.45) is 21.7 Å². The smallest absolute Gasteiger partial charge is 0.331 e. The summed E-state index contributed by atoms with van der Waals surface area (Å²) >= 11 is 0. The molecule has 0 aromatic heterocycles. The van der Waals surface area contributed by atoms with Crippen molar-refractivity contribution in [3.63, 3.8) is 0 Å². The van der Waals surface area contributed by atoms with Gasteiger partial charge in [-0.05, 0) is 35.7 Å². The van der Waals surface area contributed by atoms with Gasteiger partial charge in [0.15, 0.2) is 5.92 Å². The number of urea groups is 1. The molecule has 3 rings (SSSR count). The first-order valence-corrected chi connectivity index (χ1v) is 9.97. The molecule has 1 aliphatic carbocycles. The Kier molecular flexibility index (Phi) is 5.89. The van der Waals surface area contributed by atoms with Gasteiger partial charge in [-0.2, -0.15) is 0 Å². The molecule has 4 amide bonds. The predicted molar refractivity (Wildman–Crippen MR) is 109 cm³/mol. The number of aliphatic hydroxyl groups is 1. The standard InChI is InChI=1S/C22H29N3O4/c1-21(2)9-16(26)10-22(3,13-21)14-23-11-17-18(27)24-20(29)25(19(17)28)12-15-7-5-4-6-8-15/h4-8,11,16-17,26H,9-10,12-14H2,1-3H3,(H,24,27,29)/t16-,17?,22-/m0/s1. The van der Waals surface area contributed by atoms with E-state index in [1.54, 1.807) is 0 Å². The fraction of sp³-hybridized carbons (Fsp3) is 0.545. The van der Waals surface area contributed by atoms with Crippen molar-refractivity contribution in [3.8, 4) is 0 Å². The summed E-state index contributed by atoms with van der Waals surface area (Å²) in [6.07, 6.45) is 3.26. The van der Waals surface area contributed by atoms with Crippen LogP contribution in [-0.2, 0) is 16.1 Å². The number of imide groups is 2. The number of nitrogens with zero attached hydrogens (tertiary/aromatic N) is 2. The molecule has 29 heavy (non-hydrogen) atoms. The molecule has 2 N–H and O–H groups in total. The molecule has 2 aliphatic rings. The summed E-state index contributed by atoms with van der Waals surface area (Å²) in [5.41, 5.74) is 0.608. The van der Waals surface area contributed by atoms with Gasteiger partial charge in [0.2, 0.25) is 11.8 Å². The minimum atomic E-state index is -1.12. The average molecular weight is 399 g/mol. The maximum Gasteiger partial charge on any atom is 0.331 e. The van der Waals surface area contributed by atoms with E-state index in [9.17, 15) is 19.5 Å². The van der Waals surface area contributed by atoms with Gasteiger partial charge in [-0.25, -0.2) is 4.79 Å². The van der Waals surface area contributed by atoms with E-state index in [0.29, 0.717) is 13.0 Å². The van der Waals surface area contributed by atoms with Gasteiger partial charge in [-0.3, -0.25) is 24.8 Å². The third kappa shape index (κ3) is 5.09. The number of aliphatic hydroxyl groups excluding tert-OH is 1. The summed E-state index contributed by atoms with van der Waals surface area (Å²) in [4.78, 5) is 42.6. The Bertz CT molecular complexity index is 821. The quantitative estimate of drug-likeness (QED) is 0.587. The lowest BCUT2D eigenvalue weighted by Crippen LogP contribution is -2.57. The third-order valence-electron chi connectivity index (χ3n) is 5.62. The second-order valence-corrected chi connectivity index (χ2v) is 9.39. The van der Waals surface area contributed by atoms with Crippen LogP contribution < -0.4 is 5.32 Å². The number of nitrogens with one attached hydrogen (secondary N) is 1. The van der Waals surface area contributed by atoms with Crippen LogP contribution in [0.1, 0.15) is 45.6 Å². The number of hydrogen-bond donors (Lipinski definition) is 2. The van der Waals surface area contributed by atoms with Gasteiger partial charge in [-0.15, -0.1) is 0 Å². The van der Waals surface area contributed by atoms with Crippen LogP contribution in [0, 0.1) is 16.7 Å². The summed E-state index contributed by atoms with van der Waals surface area (Å²) in [5.74, 6) is -2.34. The normalized spacial score (nSPS) is 29.9. The van der Waals surface area contributed by atoms with Crippen molar-refractivity contribution in [2.75, 3.05) is 6.54 Å². The fourth-order valence-corrected chi connectivity index (χ4v) is 4.76. The molecular weight excluding hydrogens is 370 g/mol. The number of barbiturate groups is 1. The first kappa shape index (κ1) is 21.2. The van der Waals surface area contributed by atoms with Gasteiger partial charge in [0.25, 0.3) is 0 Å². The average Bonchev–Trinajstić information content (AvgIpc) is 2.60. The SMILES string of the molecule is CC1(C)C[C@H](O)C[C@](C)(CN=CC2C(=O)NC(=O)N(Cc3ccccc3)C2=O)C1. The van der Waals surface area contributed by atoms with Gasteiger partial charge in [0, 0.05) is 12.8 Å². The fourth-order valence-electron chi connectivity index (χ4n) is 4.76. The molecule has 1 saturated carbocycles. The summed E-state index contributed by atoms with van der Waals surface area (Å²) in [6, 6.07) is 8.43. The van der Waals surface area contributed by atoms with Gasteiger partial charge in [0.05, 0.1) is 12.6 Å². The number of rotatable bonds is 5. The molecular formula is C22H29N3O4. The van der Waals surface area contributed by atoms with Crippen LogP contribution in [0.25, 0.3) is 0 Å². The number of benzene rings is 1. The Balaban J connectivity index is 1.69. The highest BCUT2D eigenvalue weighted by Crippen LogP contribution is 2.46. The van der Waals surface area contributed by atoms with E-state index in [1.165, 1.54) is 6.21 Å². The molecule has 7 heteroatoms. The van der Waals surface area contributed by atoms with Gasteiger partial charge >= 0.3 is 6.03 Å². The Morgan fingerprint density at radius 3 is 2.52 bits per heavy atom. The van der Waals surface area contributed by atoms with E-state index >= 15 is 0 Å². The first-order valence-electron chi connectivity index (χ1n) is 9.97. The van der Waals surface area contributed by atoms with Crippen molar-refractivity contribution >= 4 is 24.1 Å². The summed E-state index contributed by atoms with van der Waals surface area (Å²) in [7, 11) is 0. The van der Waals surface area contributed by atoms with Crippen LogP contribution >= 0.6 is 0 Å². The van der Waals surface area contributed by atoms with E-state index in [0.717, 1.165) is 23.3 Å². The van der Waals surface area contributed by atoms with Crippen LogP contribution in [-0.4, -0.2) is 46.7 Å². The summed E-state index contributed by atoms with van der Waals surface area (Å²) in [6.45, 7) is 6.84. The summed E-state index contributed by atoms with van der Waals surface area (Å²) in [5, 5.41) is 12.4. The molecule has 0 radical (unpaired) electrons. The van der Waals surface area contributed by atoms with Crippen molar-refractivity contribution in [1.82, 2.24) is 10.2 Å². The zero-order chi connectivity index (χ0) is 21.2. The van der Waals surface area contributed by atoms with Crippen LogP contribution in [0.4, 0.5) is 4.79 Å². The summed E-state index contributed by atoms with van der Waals surface area (Å²) < 4.78 is 0. The highest BCUT2D eigenvalue weighted by atomic mass is 16.3. The van der Waals surface area contributed by atoms with Crippen LogP contribution in [0.2, 0.25) is 0 Å². The molecule has 1 unspecified atom stereocenters. The molecule has 3 atom stereocenters. The van der Waals surface area contributed by atoms with E-state index in [1.807, 2.05) is 30.3 Å². The monoisotopic (exact) mass is 399 g/mol. The van der Waals surface area contributed by atoms with Crippen LogP contribution in [0.3, 0.4) is 0 Å². The molecule has 1 saturated heterocycles. The van der Waals surface area contributed by atoms with Gasteiger partial charge < -0.3 is 5.11 Å². The molecule has 7 nitrogen and oxygen atoms in total. The molecule has 0 spiro atoms. The zero-order valence-electron chi connectivity index (χ0n) is 17.2. The zero-order valence-corrected chi connectivity index (χ0v) is 17.2. The maximum atomic E-state index is 12.8. The van der Waals surface area contributed by atoms with E-state index in [2.05, 4.69) is 31.1 Å². The van der Waals surface area contributed by atoms with E-state index in [4.69, 9.17) is 0 Å². The molecule has 1 aromatic rings. The Morgan fingerprint density at radius 1 is 1.17 bits per heavy atom. The molecule has 1 aromatic carbocycles. The second kappa shape index (κ2) is 8.06. The first-order chi connectivity index (χ1) is 13.6. The Labute approximate surface area is 171 Å². The second-order valence-electron chi connectivity index (χ2n) is 9.39. The highest BCUT2D eigenvalue weighted by molar-refractivity contribution is 6.23. The predicted octanol–water partition coefficient (Wildman–Crippen LogP) is 2.53. The molecule has 1 heterocycles. The van der Waals surface area contributed by atoms with Crippen LogP contribution in [0.5, 0.6) is 0 Å². The van der Waals surface area contributed by atoms with E-state index in [-0.39, 0.29) is 23.5 Å². The van der Waals surface area contributed by atoms with Gasteiger partial charge in [0.1, 0.15) is 0 Å². The molecule has 1 aliphatic heterocycles. The van der Waals surface area contributed by atoms with Crippen molar-refractivity contribution in [3.05, 3.63) is 35.9 Å². The maximum absolute atomic E-state index is 12.8. The topological polar surface area (TPSA) is 99.1 Å². The van der Waals surface area contributed by atoms with Crippen LogP contribution in [0.15, 0.2) is 35.3 Å². The number of carbonyl (C=O) groups is 3. The Morgan fingerprint density at radius 2 is 1.86 bits per heavy atom. The number of carbonyl (C=O) groups excluding carboxylic acids is 3. The molecule has 2 fully saturated rings. The number of amides is 4. The highest BCUT2D eigenvalue weighted by Gasteiger charge is 2.42. The number of hydrogen-bond acceptors (Lipinski definition) is 5. The van der Waals surface area contributed by atoms with Crippen molar-refractivity contribution in [1.29, 1.82) is 0 Å². The van der Waals surface area contributed by atoms with E-state index < -0.39 is 23.8 Å². The lowest BCUT2D eigenvalue weighted by atomic mass is 9.63. The lowest BCUT2D eigenvalue weighted by Gasteiger charge is -2.44. The Hall–Kier alpha value is -2.54. The molecule has 156 valence electrons. The number of aliphatic imine (C=N–C) groups is 1. The van der Waals surface area contributed by atoms with Gasteiger partial charge in [-0.1, -0.05) is 51.1 Å².